The summed E-state index contributed by atoms with van der Waals surface area (Å²) in [7, 11) is 0. The number of rotatable bonds is 3. The van der Waals surface area contributed by atoms with E-state index < -0.39 is 0 Å². The van der Waals surface area contributed by atoms with Crippen molar-refractivity contribution in [2.75, 3.05) is 6.61 Å². The molecule has 0 unspecified atom stereocenters. The van der Waals surface area contributed by atoms with E-state index in [1.54, 1.807) is 6.33 Å². The molecule has 2 aromatic rings. The quantitative estimate of drug-likeness (QED) is 0.765. The van der Waals surface area contributed by atoms with Crippen molar-refractivity contribution in [3.63, 3.8) is 0 Å². The highest BCUT2D eigenvalue weighted by atomic mass is 16.5. The van der Waals surface area contributed by atoms with Gasteiger partial charge < -0.3 is 4.74 Å². The number of ether oxygens (including phenoxy) is 1. The van der Waals surface area contributed by atoms with E-state index in [1.807, 2.05) is 35.8 Å². The lowest BCUT2D eigenvalue weighted by Crippen LogP contribution is -2.00. The van der Waals surface area contributed by atoms with E-state index in [4.69, 9.17) is 4.74 Å². The molecule has 0 radical (unpaired) electrons. The average Bonchev–Trinajstić information content (AvgIpc) is 2.68. The van der Waals surface area contributed by atoms with Gasteiger partial charge in [-0.25, -0.2) is 0 Å². The number of hydrogen-bond donors (Lipinski definition) is 0. The predicted octanol–water partition coefficient (Wildman–Crippen LogP) is 1.97. The zero-order chi connectivity index (χ0) is 10.7. The van der Waals surface area contributed by atoms with Gasteiger partial charge in [0.15, 0.2) is 0 Å². The minimum atomic E-state index is 0.529. The summed E-state index contributed by atoms with van der Waals surface area (Å²) < 4.78 is 7.17. The van der Waals surface area contributed by atoms with Crippen LogP contribution < -0.4 is 4.74 Å². The lowest BCUT2D eigenvalue weighted by molar-refractivity contribution is 0.306. The molecule has 0 aliphatic rings. The van der Waals surface area contributed by atoms with E-state index in [2.05, 4.69) is 17.1 Å². The first-order chi connectivity index (χ1) is 7.31. The van der Waals surface area contributed by atoms with Crippen LogP contribution >= 0.6 is 0 Å². The molecular weight excluding hydrogens is 190 g/mol. The first-order valence-electron chi connectivity index (χ1n) is 4.91. The monoisotopic (exact) mass is 203 g/mol. The Hall–Kier alpha value is -1.84. The second-order valence-corrected chi connectivity index (χ2v) is 3.25. The Labute approximate surface area is 88.5 Å². The second-order valence-electron chi connectivity index (χ2n) is 3.25. The number of aryl methyl sites for hydroxylation is 1. The summed E-state index contributed by atoms with van der Waals surface area (Å²) in [4.78, 5) is 0. The Kier molecular flexibility index (Phi) is 2.67. The summed E-state index contributed by atoms with van der Waals surface area (Å²) in [6.07, 6.45) is 1.65. The topological polar surface area (TPSA) is 39.9 Å². The Balaban J connectivity index is 2.36. The molecule has 0 fully saturated rings. The molecule has 0 saturated heterocycles. The molecular formula is C11H13N3O. The molecule has 0 N–H and O–H groups in total. The van der Waals surface area contributed by atoms with Gasteiger partial charge in [-0.1, -0.05) is 22.8 Å². The van der Waals surface area contributed by atoms with Crippen molar-refractivity contribution in [3.8, 4) is 11.7 Å². The summed E-state index contributed by atoms with van der Waals surface area (Å²) in [5.41, 5.74) is 2.24. The van der Waals surface area contributed by atoms with E-state index in [1.165, 1.54) is 5.56 Å². The minimum absolute atomic E-state index is 0.529. The molecule has 2 rings (SSSR count). The standard InChI is InChI=1S/C11H13N3O/c1-3-15-11-13-12-8-14(11)10-6-4-9(2)5-7-10/h4-8H,3H2,1-2H3. The third-order valence-electron chi connectivity index (χ3n) is 2.10. The largest absolute Gasteiger partial charge is 0.464 e. The maximum absolute atomic E-state index is 5.35. The Bertz CT molecular complexity index is 433. The van der Waals surface area contributed by atoms with Gasteiger partial charge >= 0.3 is 6.01 Å². The minimum Gasteiger partial charge on any atom is -0.464 e. The molecule has 0 spiro atoms. The summed E-state index contributed by atoms with van der Waals surface area (Å²) in [6.45, 7) is 4.57. The SMILES string of the molecule is CCOc1nncn1-c1ccc(C)cc1. The maximum atomic E-state index is 5.35. The summed E-state index contributed by atoms with van der Waals surface area (Å²) >= 11 is 0. The van der Waals surface area contributed by atoms with Gasteiger partial charge in [-0.3, -0.25) is 4.57 Å². The number of aromatic nitrogens is 3. The summed E-state index contributed by atoms with van der Waals surface area (Å²) in [5, 5.41) is 7.72. The second kappa shape index (κ2) is 4.13. The Morgan fingerprint density at radius 2 is 2.00 bits per heavy atom. The predicted molar refractivity (Wildman–Crippen MR) is 57.3 cm³/mol. The van der Waals surface area contributed by atoms with Crippen LogP contribution in [0.25, 0.3) is 5.69 Å². The third-order valence-corrected chi connectivity index (χ3v) is 2.10. The fourth-order valence-corrected chi connectivity index (χ4v) is 1.33. The first-order valence-corrected chi connectivity index (χ1v) is 4.91. The Morgan fingerprint density at radius 3 is 2.67 bits per heavy atom. The van der Waals surface area contributed by atoms with Crippen molar-refractivity contribution < 1.29 is 4.74 Å². The summed E-state index contributed by atoms with van der Waals surface area (Å²) in [5.74, 6) is 0. The average molecular weight is 203 g/mol. The summed E-state index contributed by atoms with van der Waals surface area (Å²) in [6, 6.07) is 8.65. The van der Waals surface area contributed by atoms with Gasteiger partial charge in [0.25, 0.3) is 0 Å². The molecule has 0 aliphatic carbocycles. The number of benzene rings is 1. The van der Waals surface area contributed by atoms with Crippen LogP contribution in [0.4, 0.5) is 0 Å². The molecule has 1 aromatic carbocycles. The first kappa shape index (κ1) is 9.71. The van der Waals surface area contributed by atoms with Crippen LogP contribution in [-0.4, -0.2) is 21.4 Å². The van der Waals surface area contributed by atoms with Crippen LogP contribution in [0.2, 0.25) is 0 Å². The fraction of sp³-hybridized carbons (Fsp3) is 0.273. The lowest BCUT2D eigenvalue weighted by Gasteiger charge is -2.06. The molecule has 15 heavy (non-hydrogen) atoms. The molecule has 0 atom stereocenters. The fourth-order valence-electron chi connectivity index (χ4n) is 1.33. The lowest BCUT2D eigenvalue weighted by atomic mass is 10.2. The van der Waals surface area contributed by atoms with Crippen molar-refractivity contribution in [3.05, 3.63) is 36.2 Å². The van der Waals surface area contributed by atoms with E-state index >= 15 is 0 Å². The van der Waals surface area contributed by atoms with E-state index in [0.29, 0.717) is 12.6 Å². The van der Waals surface area contributed by atoms with Crippen molar-refractivity contribution in [2.24, 2.45) is 0 Å². The van der Waals surface area contributed by atoms with Crippen LogP contribution in [0, 0.1) is 6.92 Å². The molecule has 1 heterocycles. The Morgan fingerprint density at radius 1 is 1.27 bits per heavy atom. The third kappa shape index (κ3) is 1.98. The molecule has 0 aliphatic heterocycles. The van der Waals surface area contributed by atoms with Crippen LogP contribution in [0.3, 0.4) is 0 Å². The smallest absolute Gasteiger partial charge is 0.321 e. The van der Waals surface area contributed by atoms with E-state index in [9.17, 15) is 0 Å². The van der Waals surface area contributed by atoms with Gasteiger partial charge in [0.2, 0.25) is 0 Å². The van der Waals surface area contributed by atoms with Crippen molar-refractivity contribution in [2.45, 2.75) is 13.8 Å². The van der Waals surface area contributed by atoms with Gasteiger partial charge in [0.05, 0.1) is 12.3 Å². The molecule has 0 amide bonds. The highest BCUT2D eigenvalue weighted by Crippen LogP contribution is 2.15. The van der Waals surface area contributed by atoms with Crippen LogP contribution in [0.5, 0.6) is 6.01 Å². The normalized spacial score (nSPS) is 10.3. The highest BCUT2D eigenvalue weighted by molar-refractivity contribution is 5.35. The van der Waals surface area contributed by atoms with Crippen molar-refractivity contribution in [1.29, 1.82) is 0 Å². The maximum Gasteiger partial charge on any atom is 0.321 e. The van der Waals surface area contributed by atoms with Crippen LogP contribution in [-0.2, 0) is 0 Å². The molecule has 0 bridgehead atoms. The van der Waals surface area contributed by atoms with Gasteiger partial charge in [-0.2, -0.15) is 0 Å². The molecule has 1 aromatic heterocycles. The zero-order valence-electron chi connectivity index (χ0n) is 8.84. The zero-order valence-corrected chi connectivity index (χ0v) is 8.84. The van der Waals surface area contributed by atoms with Crippen molar-refractivity contribution >= 4 is 0 Å². The van der Waals surface area contributed by atoms with Gasteiger partial charge in [-0.05, 0) is 26.0 Å². The van der Waals surface area contributed by atoms with Gasteiger partial charge in [0, 0.05) is 0 Å². The van der Waals surface area contributed by atoms with Crippen molar-refractivity contribution in [1.82, 2.24) is 14.8 Å². The van der Waals surface area contributed by atoms with E-state index in [0.717, 1.165) is 5.69 Å². The van der Waals surface area contributed by atoms with Gasteiger partial charge in [-0.15, -0.1) is 5.10 Å². The van der Waals surface area contributed by atoms with Crippen LogP contribution in [0.1, 0.15) is 12.5 Å². The number of hydrogen-bond acceptors (Lipinski definition) is 3. The molecule has 0 saturated carbocycles. The highest BCUT2D eigenvalue weighted by Gasteiger charge is 2.05. The molecule has 78 valence electrons. The van der Waals surface area contributed by atoms with E-state index in [-0.39, 0.29) is 0 Å². The van der Waals surface area contributed by atoms with Crippen LogP contribution in [0.15, 0.2) is 30.6 Å². The molecule has 4 nitrogen and oxygen atoms in total. The molecule has 4 heteroatoms. The van der Waals surface area contributed by atoms with Gasteiger partial charge in [0.1, 0.15) is 6.33 Å². The number of nitrogens with zero attached hydrogens (tertiary/aromatic N) is 3.